The van der Waals surface area contributed by atoms with Gasteiger partial charge in [-0.25, -0.2) is 0 Å². The standard InChI is InChI=1S/C19H22Cl2N4O2S2/c1-18(2)17(22)25-19(3,10-29(18,4)27)15-13(21)8-14(28-15)16(26)24-9-12-7-11(20)5-6-23-12/h5-8H,4,9-10H2,1-3H3,(H2,22,25)(H,24,26)/t19-,29?/m0/s1. The highest BCUT2D eigenvalue weighted by atomic mass is 35.5. The van der Waals surface area contributed by atoms with Crippen molar-refractivity contribution in [3.05, 3.63) is 49.9 Å². The average molecular weight is 473 g/mol. The molecule has 0 saturated carbocycles. The van der Waals surface area contributed by atoms with E-state index in [1.165, 1.54) is 11.3 Å². The van der Waals surface area contributed by atoms with Crippen LogP contribution in [-0.2, 0) is 21.6 Å². The molecular formula is C19H22Cl2N4O2S2. The van der Waals surface area contributed by atoms with Gasteiger partial charge in [0, 0.05) is 17.0 Å². The lowest BCUT2D eigenvalue weighted by Gasteiger charge is -2.40. The number of nitrogens with zero attached hydrogens (tertiary/aromatic N) is 2. The maximum atomic E-state index is 13.2. The normalized spacial score (nSPS) is 26.0. The molecule has 3 rings (SSSR count). The summed E-state index contributed by atoms with van der Waals surface area (Å²) in [6.07, 6.45) is 1.58. The van der Waals surface area contributed by atoms with Crippen LogP contribution >= 0.6 is 34.5 Å². The fraction of sp³-hybridized carbons (Fsp3) is 0.368. The van der Waals surface area contributed by atoms with Crippen LogP contribution in [0.15, 0.2) is 29.4 Å². The van der Waals surface area contributed by atoms with Crippen molar-refractivity contribution in [2.24, 2.45) is 10.7 Å². The quantitative estimate of drug-likeness (QED) is 0.665. The zero-order valence-electron chi connectivity index (χ0n) is 16.3. The maximum Gasteiger partial charge on any atom is 0.261 e. The third kappa shape index (κ3) is 4.17. The lowest BCUT2D eigenvalue weighted by Crippen LogP contribution is -2.54. The van der Waals surface area contributed by atoms with E-state index in [2.05, 4.69) is 21.2 Å². The predicted octanol–water partition coefficient (Wildman–Crippen LogP) is 3.46. The van der Waals surface area contributed by atoms with E-state index in [9.17, 15) is 9.00 Å². The lowest BCUT2D eigenvalue weighted by atomic mass is 10.0. The first-order valence-electron chi connectivity index (χ1n) is 8.74. The number of nitrogens with one attached hydrogen (secondary N) is 1. The summed E-state index contributed by atoms with van der Waals surface area (Å²) in [6, 6.07) is 4.93. The summed E-state index contributed by atoms with van der Waals surface area (Å²) < 4.78 is 12.4. The van der Waals surface area contributed by atoms with Crippen LogP contribution in [-0.4, -0.2) is 37.3 Å². The Morgan fingerprint density at radius 1 is 1.38 bits per heavy atom. The minimum Gasteiger partial charge on any atom is -0.386 e. The number of pyridine rings is 1. The molecule has 1 aliphatic heterocycles. The fourth-order valence-electron chi connectivity index (χ4n) is 3.03. The van der Waals surface area contributed by atoms with Crippen molar-refractivity contribution in [1.82, 2.24) is 10.3 Å². The highest BCUT2D eigenvalue weighted by Crippen LogP contribution is 2.43. The number of carbonyl (C=O) groups is 1. The highest BCUT2D eigenvalue weighted by Gasteiger charge is 2.46. The molecular weight excluding hydrogens is 451 g/mol. The molecule has 3 heterocycles. The zero-order valence-corrected chi connectivity index (χ0v) is 19.4. The molecule has 0 spiro atoms. The molecule has 2 atom stereocenters. The van der Waals surface area contributed by atoms with Crippen LogP contribution in [0.1, 0.15) is 41.0 Å². The first-order valence-corrected chi connectivity index (χ1v) is 12.2. The van der Waals surface area contributed by atoms with Crippen molar-refractivity contribution in [2.45, 2.75) is 37.6 Å². The summed E-state index contributed by atoms with van der Waals surface area (Å²) in [5, 5.41) is 3.73. The molecule has 0 aliphatic carbocycles. The predicted molar refractivity (Wildman–Crippen MR) is 123 cm³/mol. The van der Waals surface area contributed by atoms with Gasteiger partial charge in [-0.1, -0.05) is 23.2 Å². The van der Waals surface area contributed by atoms with E-state index < -0.39 is 19.8 Å². The van der Waals surface area contributed by atoms with Crippen LogP contribution in [0.3, 0.4) is 0 Å². The van der Waals surface area contributed by atoms with Gasteiger partial charge in [-0.05, 0) is 54.4 Å². The molecule has 2 aromatic heterocycles. The Bertz CT molecular complexity index is 1110. The Hall–Kier alpha value is -1.61. The SMILES string of the molecule is C=S1(=O)C[C@@](C)(c2sc(C(=O)NCc3cc(Cl)ccn3)cc2Cl)N=C(N)C1(C)C. The van der Waals surface area contributed by atoms with E-state index in [0.29, 0.717) is 25.5 Å². The first-order chi connectivity index (χ1) is 13.4. The number of hydrogen-bond acceptors (Lipinski definition) is 6. The van der Waals surface area contributed by atoms with Gasteiger partial charge in [0.15, 0.2) is 0 Å². The fourth-order valence-corrected chi connectivity index (χ4v) is 6.75. The molecule has 2 aromatic rings. The molecule has 0 aromatic carbocycles. The number of hydrogen-bond donors (Lipinski definition) is 2. The van der Waals surface area contributed by atoms with Gasteiger partial charge in [0.1, 0.15) is 11.4 Å². The molecule has 0 radical (unpaired) electrons. The minimum atomic E-state index is -2.57. The van der Waals surface area contributed by atoms with Gasteiger partial charge in [0.25, 0.3) is 5.91 Å². The largest absolute Gasteiger partial charge is 0.386 e. The van der Waals surface area contributed by atoms with Crippen LogP contribution in [0.25, 0.3) is 0 Å². The molecule has 156 valence electrons. The summed E-state index contributed by atoms with van der Waals surface area (Å²) in [5.41, 5.74) is 5.87. The van der Waals surface area contributed by atoms with Crippen molar-refractivity contribution in [3.8, 4) is 0 Å². The van der Waals surface area contributed by atoms with Crippen LogP contribution in [0.5, 0.6) is 0 Å². The number of rotatable bonds is 4. The Labute approximate surface area is 184 Å². The van der Waals surface area contributed by atoms with Crippen molar-refractivity contribution in [2.75, 3.05) is 5.75 Å². The van der Waals surface area contributed by atoms with E-state index >= 15 is 0 Å². The number of halogens is 2. The summed E-state index contributed by atoms with van der Waals surface area (Å²) >= 11 is 13.6. The number of aromatic nitrogens is 1. The van der Waals surface area contributed by atoms with Gasteiger partial charge in [0.2, 0.25) is 0 Å². The Kier molecular flexibility index (Phi) is 5.77. The molecule has 1 amide bonds. The number of nitrogens with two attached hydrogens (primary N) is 1. The van der Waals surface area contributed by atoms with E-state index in [1.807, 2.05) is 6.92 Å². The summed E-state index contributed by atoms with van der Waals surface area (Å²) in [4.78, 5) is 22.4. The topological polar surface area (TPSA) is 97.4 Å². The van der Waals surface area contributed by atoms with Crippen LogP contribution in [0, 0.1) is 0 Å². The summed E-state index contributed by atoms with van der Waals surface area (Å²) in [7, 11) is -2.57. The molecule has 0 fully saturated rings. The zero-order chi connectivity index (χ0) is 21.6. The molecule has 0 saturated heterocycles. The Morgan fingerprint density at radius 3 is 2.69 bits per heavy atom. The smallest absolute Gasteiger partial charge is 0.261 e. The molecule has 6 nitrogen and oxygen atoms in total. The van der Waals surface area contributed by atoms with Crippen LogP contribution in [0.4, 0.5) is 0 Å². The van der Waals surface area contributed by atoms with E-state index in [1.54, 1.807) is 38.2 Å². The lowest BCUT2D eigenvalue weighted by molar-refractivity contribution is 0.0954. The molecule has 3 N–H and O–H groups in total. The van der Waals surface area contributed by atoms with Crippen molar-refractivity contribution >= 4 is 61.7 Å². The van der Waals surface area contributed by atoms with Crippen LogP contribution in [0.2, 0.25) is 10.0 Å². The molecule has 1 unspecified atom stereocenters. The monoisotopic (exact) mass is 472 g/mol. The van der Waals surface area contributed by atoms with Gasteiger partial charge >= 0.3 is 0 Å². The highest BCUT2D eigenvalue weighted by molar-refractivity contribution is 8.02. The molecule has 1 aliphatic rings. The van der Waals surface area contributed by atoms with Crippen molar-refractivity contribution in [1.29, 1.82) is 0 Å². The van der Waals surface area contributed by atoms with E-state index in [4.69, 9.17) is 28.9 Å². The average Bonchev–Trinajstić information content (AvgIpc) is 3.00. The third-order valence-electron chi connectivity index (χ3n) is 5.04. The second-order valence-electron chi connectivity index (χ2n) is 7.67. The van der Waals surface area contributed by atoms with Gasteiger partial charge in [-0.3, -0.25) is 19.0 Å². The number of carbonyl (C=O) groups excluding carboxylic acids is 1. The van der Waals surface area contributed by atoms with E-state index in [-0.39, 0.29) is 24.0 Å². The second kappa shape index (κ2) is 7.58. The molecule has 10 heteroatoms. The maximum absolute atomic E-state index is 13.2. The van der Waals surface area contributed by atoms with Gasteiger partial charge in [-0.2, -0.15) is 0 Å². The number of amidine groups is 1. The van der Waals surface area contributed by atoms with Crippen LogP contribution < -0.4 is 11.1 Å². The summed E-state index contributed by atoms with van der Waals surface area (Å²) in [6.45, 7) is 5.60. The number of aliphatic imine (C=N–C) groups is 1. The minimum absolute atomic E-state index is 0.196. The van der Waals surface area contributed by atoms with Gasteiger partial charge in [0.05, 0.1) is 31.8 Å². The number of amides is 1. The second-order valence-corrected chi connectivity index (χ2v) is 12.5. The van der Waals surface area contributed by atoms with Gasteiger partial charge in [-0.15, -0.1) is 11.3 Å². The Morgan fingerprint density at radius 2 is 2.07 bits per heavy atom. The van der Waals surface area contributed by atoms with Gasteiger partial charge < -0.3 is 11.1 Å². The Balaban J connectivity index is 1.86. The molecule has 0 bridgehead atoms. The number of thiophene rings is 1. The first kappa shape index (κ1) is 22.1. The van der Waals surface area contributed by atoms with E-state index in [0.717, 1.165) is 0 Å². The molecule has 29 heavy (non-hydrogen) atoms. The third-order valence-corrected chi connectivity index (χ3v) is 10.2. The summed E-state index contributed by atoms with van der Waals surface area (Å²) in [5.74, 6) is 4.10. The van der Waals surface area contributed by atoms with Crippen molar-refractivity contribution < 1.29 is 9.00 Å². The van der Waals surface area contributed by atoms with Crippen molar-refractivity contribution in [3.63, 3.8) is 0 Å².